The van der Waals surface area contributed by atoms with Gasteiger partial charge in [-0.1, -0.05) is 54.6 Å². The van der Waals surface area contributed by atoms with E-state index in [2.05, 4.69) is 15.6 Å². The molecule has 5 fully saturated rings. The van der Waals surface area contributed by atoms with E-state index in [0.717, 1.165) is 57.8 Å². The number of nitrogens with zero attached hydrogens (tertiary/aromatic N) is 1. The second-order valence-electron chi connectivity index (χ2n) is 13.7. The lowest BCUT2D eigenvalue weighted by Gasteiger charge is -2.52. The van der Waals surface area contributed by atoms with E-state index in [-0.39, 0.29) is 44.0 Å². The van der Waals surface area contributed by atoms with E-state index in [1.165, 1.54) is 6.07 Å². The first-order chi connectivity index (χ1) is 20.1. The minimum Gasteiger partial charge on any atom is -0.325 e. The molecule has 0 radical (unpaired) electrons. The number of hydrogen-bond acceptors (Lipinski definition) is 5. The Morgan fingerprint density at radius 2 is 1.71 bits per heavy atom. The van der Waals surface area contributed by atoms with Crippen LogP contribution < -0.4 is 10.6 Å². The fourth-order valence-corrected chi connectivity index (χ4v) is 10.0. The molecule has 1 aromatic carbocycles. The second kappa shape index (κ2) is 9.83. The predicted molar refractivity (Wildman–Crippen MR) is 159 cm³/mol. The molecular formula is C33H36Cl2FN3O3. The van der Waals surface area contributed by atoms with Gasteiger partial charge in [-0.2, -0.15) is 0 Å². The Bertz CT molecular complexity index is 1480. The minimum absolute atomic E-state index is 0.00148. The van der Waals surface area contributed by atoms with Crippen molar-refractivity contribution in [1.82, 2.24) is 10.3 Å². The molecule has 8 rings (SSSR count). The maximum Gasteiger partial charge on any atom is 0.237 e. The van der Waals surface area contributed by atoms with Gasteiger partial charge in [-0.15, -0.1) is 0 Å². The van der Waals surface area contributed by atoms with Crippen LogP contribution in [0.2, 0.25) is 10.2 Å². The zero-order valence-electron chi connectivity index (χ0n) is 23.8. The van der Waals surface area contributed by atoms with Gasteiger partial charge in [-0.25, -0.2) is 9.37 Å². The molecule has 2 bridgehead atoms. The maximum absolute atomic E-state index is 16.1. The Labute approximate surface area is 255 Å². The van der Waals surface area contributed by atoms with Gasteiger partial charge in [0.25, 0.3) is 0 Å². The van der Waals surface area contributed by atoms with E-state index in [1.54, 1.807) is 31.3 Å². The number of pyridine rings is 1. The Morgan fingerprint density at radius 1 is 1.02 bits per heavy atom. The SMILES string of the molecule is CC(=O)C12CCC(CC(=O)[C@@H]3NC4(CCCCC4)[C@@]4(C(=O)Nc5cc(Cl)ncc54)[C@H]3c3cccc(Cl)c3F)(CC1)CC2. The molecule has 2 spiro atoms. The summed E-state index contributed by atoms with van der Waals surface area (Å²) in [7, 11) is 0. The summed E-state index contributed by atoms with van der Waals surface area (Å²) >= 11 is 12.6. The highest BCUT2D eigenvalue weighted by atomic mass is 35.5. The van der Waals surface area contributed by atoms with Gasteiger partial charge in [0.15, 0.2) is 5.78 Å². The van der Waals surface area contributed by atoms with E-state index in [4.69, 9.17) is 23.2 Å². The number of anilines is 1. The molecule has 6 nitrogen and oxygen atoms in total. The summed E-state index contributed by atoms with van der Waals surface area (Å²) in [5, 5.41) is 7.03. The van der Waals surface area contributed by atoms with Crippen LogP contribution in [0, 0.1) is 16.6 Å². The average Bonchev–Trinajstić information content (AvgIpc) is 3.43. The lowest BCUT2D eigenvalue weighted by molar-refractivity contribution is -0.138. The van der Waals surface area contributed by atoms with Crippen LogP contribution in [0.5, 0.6) is 0 Å². The Hall–Kier alpha value is -2.35. The summed E-state index contributed by atoms with van der Waals surface area (Å²) in [4.78, 5) is 46.0. The summed E-state index contributed by atoms with van der Waals surface area (Å²) in [5.74, 6) is -1.42. The van der Waals surface area contributed by atoms with E-state index in [1.807, 2.05) is 0 Å². The fraction of sp³-hybridized carbons (Fsp3) is 0.576. The van der Waals surface area contributed by atoms with Gasteiger partial charge < -0.3 is 5.32 Å². The molecule has 4 aliphatic carbocycles. The summed E-state index contributed by atoms with van der Waals surface area (Å²) in [6.07, 6.45) is 11.1. The van der Waals surface area contributed by atoms with Crippen molar-refractivity contribution < 1.29 is 18.8 Å². The molecule has 1 amide bonds. The molecule has 2 aliphatic heterocycles. The number of nitrogens with one attached hydrogen (secondary N) is 2. The van der Waals surface area contributed by atoms with Gasteiger partial charge in [0.05, 0.1) is 11.1 Å². The number of amides is 1. The van der Waals surface area contributed by atoms with E-state index >= 15 is 4.39 Å². The number of fused-ring (bicyclic) bond motifs is 6. The second-order valence-corrected chi connectivity index (χ2v) is 14.5. The average molecular weight is 613 g/mol. The first-order valence-electron chi connectivity index (χ1n) is 15.3. The van der Waals surface area contributed by atoms with Crippen LogP contribution in [0.15, 0.2) is 30.5 Å². The third-order valence-corrected chi connectivity index (χ3v) is 12.5. The molecule has 4 saturated carbocycles. The number of benzene rings is 1. The highest BCUT2D eigenvalue weighted by Crippen LogP contribution is 2.64. The van der Waals surface area contributed by atoms with Crippen molar-refractivity contribution in [1.29, 1.82) is 0 Å². The topological polar surface area (TPSA) is 88.2 Å². The molecule has 2 aromatic rings. The van der Waals surface area contributed by atoms with Crippen LogP contribution in [0.1, 0.15) is 101 Å². The quantitative estimate of drug-likeness (QED) is 0.353. The van der Waals surface area contributed by atoms with E-state index in [9.17, 15) is 14.4 Å². The van der Waals surface area contributed by atoms with Crippen LogP contribution in [-0.4, -0.2) is 34.0 Å². The molecule has 0 unspecified atom stereocenters. The number of halogens is 3. The van der Waals surface area contributed by atoms with Crippen LogP contribution in [0.4, 0.5) is 10.1 Å². The zero-order valence-corrected chi connectivity index (χ0v) is 25.3. The molecule has 222 valence electrons. The minimum atomic E-state index is -1.27. The molecular weight excluding hydrogens is 576 g/mol. The number of Topliss-reactive ketones (excluding diaryl/α,β-unsaturated/α-hetero) is 2. The molecule has 42 heavy (non-hydrogen) atoms. The number of hydrogen-bond donors (Lipinski definition) is 2. The van der Waals surface area contributed by atoms with Gasteiger partial charge in [0.2, 0.25) is 5.91 Å². The molecule has 3 atom stereocenters. The standard InChI is InChI=1S/C33H36Cl2FN3O3/c1-19(40)31-13-10-30(11-14-31,12-15-31)17-24(41)28-26(20-6-5-7-22(34)27(20)36)33(32(39-28)8-3-2-4-9-32)21-18-37-25(35)16-23(21)38-29(33)42/h5-7,16,18,26,28,39H,2-4,8-15,17H2,1H3,(H,38,42)/t26-,28-,30?,31?,33+/m0/s1. The molecule has 1 saturated heterocycles. The number of carbonyl (C=O) groups is 3. The van der Waals surface area contributed by atoms with Crippen molar-refractivity contribution in [2.75, 3.05) is 5.32 Å². The molecule has 2 N–H and O–H groups in total. The van der Waals surface area contributed by atoms with Crippen LogP contribution in [-0.2, 0) is 19.8 Å². The smallest absolute Gasteiger partial charge is 0.237 e. The number of aromatic nitrogens is 1. The lowest BCUT2D eigenvalue weighted by Crippen LogP contribution is -2.60. The fourth-order valence-electron chi connectivity index (χ4n) is 9.69. The Balaban J connectivity index is 1.37. The van der Waals surface area contributed by atoms with Crippen molar-refractivity contribution in [2.45, 2.75) is 107 Å². The van der Waals surface area contributed by atoms with Crippen molar-refractivity contribution in [3.05, 3.63) is 57.6 Å². The number of rotatable bonds is 5. The van der Waals surface area contributed by atoms with Crippen molar-refractivity contribution in [3.8, 4) is 0 Å². The normalized spacial score (nSPS) is 34.5. The van der Waals surface area contributed by atoms with Crippen LogP contribution >= 0.6 is 23.2 Å². The summed E-state index contributed by atoms with van der Waals surface area (Å²) in [6, 6.07) is 5.71. The monoisotopic (exact) mass is 611 g/mol. The van der Waals surface area contributed by atoms with Gasteiger partial charge in [-0.05, 0) is 81.4 Å². The predicted octanol–water partition coefficient (Wildman–Crippen LogP) is 7.06. The molecule has 3 heterocycles. The molecule has 1 aromatic heterocycles. The van der Waals surface area contributed by atoms with Gasteiger partial charge in [0, 0.05) is 40.7 Å². The van der Waals surface area contributed by atoms with Gasteiger partial charge >= 0.3 is 0 Å². The highest BCUT2D eigenvalue weighted by molar-refractivity contribution is 6.31. The highest BCUT2D eigenvalue weighted by Gasteiger charge is 2.72. The van der Waals surface area contributed by atoms with E-state index in [0.29, 0.717) is 30.5 Å². The van der Waals surface area contributed by atoms with Crippen molar-refractivity contribution >= 4 is 46.4 Å². The summed E-state index contributed by atoms with van der Waals surface area (Å²) in [6.45, 7) is 1.70. The van der Waals surface area contributed by atoms with Crippen LogP contribution in [0.25, 0.3) is 0 Å². The third-order valence-electron chi connectivity index (χ3n) is 12.0. The zero-order chi connectivity index (χ0) is 29.5. The van der Waals surface area contributed by atoms with Gasteiger partial charge in [0.1, 0.15) is 22.2 Å². The maximum atomic E-state index is 16.1. The van der Waals surface area contributed by atoms with Gasteiger partial charge in [-0.3, -0.25) is 19.7 Å². The summed E-state index contributed by atoms with van der Waals surface area (Å²) < 4.78 is 16.1. The third kappa shape index (κ3) is 3.85. The largest absolute Gasteiger partial charge is 0.325 e. The lowest BCUT2D eigenvalue weighted by atomic mass is 9.51. The number of ketones is 2. The van der Waals surface area contributed by atoms with E-state index < -0.39 is 28.7 Å². The van der Waals surface area contributed by atoms with Crippen molar-refractivity contribution in [3.63, 3.8) is 0 Å². The first-order valence-corrected chi connectivity index (χ1v) is 16.1. The molecule has 6 aliphatic rings. The number of carbonyl (C=O) groups excluding carboxylic acids is 3. The first kappa shape index (κ1) is 28.4. The Morgan fingerprint density at radius 3 is 2.38 bits per heavy atom. The molecule has 9 heteroatoms. The Kier molecular flexibility index (Phi) is 6.65. The van der Waals surface area contributed by atoms with Crippen molar-refractivity contribution in [2.24, 2.45) is 10.8 Å². The summed E-state index contributed by atoms with van der Waals surface area (Å²) in [5.41, 5.74) is -0.957. The van der Waals surface area contributed by atoms with Crippen LogP contribution in [0.3, 0.4) is 0 Å².